The first-order valence-electron chi connectivity index (χ1n) is 9.68. The zero-order chi connectivity index (χ0) is 16.8. The van der Waals surface area contributed by atoms with Crippen LogP contribution >= 0.6 is 0 Å². The summed E-state index contributed by atoms with van der Waals surface area (Å²) in [7, 11) is 2.37. The summed E-state index contributed by atoms with van der Waals surface area (Å²) in [6, 6.07) is 10.9. The van der Waals surface area contributed by atoms with Gasteiger partial charge in [-0.2, -0.15) is 0 Å². The van der Waals surface area contributed by atoms with Gasteiger partial charge in [-0.25, -0.2) is 0 Å². The number of rotatable bonds is 14. The third-order valence-electron chi connectivity index (χ3n) is 4.78. The first kappa shape index (κ1) is 20.0. The molecule has 1 atom stereocenters. The molecular formula is C22H38N+. The van der Waals surface area contributed by atoms with Gasteiger partial charge in [0.15, 0.2) is 0 Å². The second kappa shape index (κ2) is 12.4. The Hall–Kier alpha value is -1.08. The molecule has 1 rings (SSSR count). The number of quaternary nitrogens is 1. The van der Waals surface area contributed by atoms with Gasteiger partial charge in [-0.3, -0.25) is 0 Å². The van der Waals surface area contributed by atoms with E-state index in [-0.39, 0.29) is 0 Å². The van der Waals surface area contributed by atoms with E-state index < -0.39 is 0 Å². The fraction of sp³-hybridized carbons (Fsp3) is 0.636. The lowest BCUT2D eigenvalue weighted by molar-refractivity contribution is -0.917. The van der Waals surface area contributed by atoms with E-state index in [0.717, 1.165) is 17.6 Å². The molecule has 0 N–H and O–H groups in total. The minimum Gasteiger partial charge on any atom is -0.319 e. The average Bonchev–Trinajstić information content (AvgIpc) is 2.54. The van der Waals surface area contributed by atoms with Crippen LogP contribution in [0.5, 0.6) is 0 Å². The molecule has 0 fully saturated rings. The highest BCUT2D eigenvalue weighted by molar-refractivity contribution is 5.13. The lowest BCUT2D eigenvalue weighted by Crippen LogP contribution is -2.44. The Morgan fingerprint density at radius 2 is 1.43 bits per heavy atom. The third-order valence-corrected chi connectivity index (χ3v) is 4.78. The van der Waals surface area contributed by atoms with Crippen LogP contribution in [-0.4, -0.2) is 24.6 Å². The van der Waals surface area contributed by atoms with Crippen LogP contribution in [0.3, 0.4) is 0 Å². The lowest BCUT2D eigenvalue weighted by Gasteiger charge is -2.34. The molecule has 23 heavy (non-hydrogen) atoms. The molecule has 0 aliphatic rings. The van der Waals surface area contributed by atoms with Crippen molar-refractivity contribution in [3.8, 4) is 0 Å². The Balaban J connectivity index is 2.21. The van der Waals surface area contributed by atoms with Crippen molar-refractivity contribution in [2.45, 2.75) is 71.3 Å². The fourth-order valence-corrected chi connectivity index (χ4v) is 3.37. The lowest BCUT2D eigenvalue weighted by atomic mass is 10.1. The van der Waals surface area contributed by atoms with Crippen LogP contribution in [0.2, 0.25) is 0 Å². The summed E-state index contributed by atoms with van der Waals surface area (Å²) in [4.78, 5) is 0. The molecule has 0 spiro atoms. The van der Waals surface area contributed by atoms with Gasteiger partial charge < -0.3 is 4.48 Å². The molecule has 0 bridgehead atoms. The Labute approximate surface area is 145 Å². The maximum Gasteiger partial charge on any atom is 0.104 e. The zero-order valence-electron chi connectivity index (χ0n) is 15.6. The molecule has 0 aromatic heterocycles. The third kappa shape index (κ3) is 9.61. The maximum atomic E-state index is 3.96. The van der Waals surface area contributed by atoms with E-state index in [1.807, 2.05) is 0 Å². The van der Waals surface area contributed by atoms with Gasteiger partial charge in [0.2, 0.25) is 0 Å². The Morgan fingerprint density at radius 3 is 2.00 bits per heavy atom. The standard InChI is InChI=1S/C22H38N/c1-4-6-7-8-9-10-11-12-16-20-23(3,19-5-2)21-22-17-14-13-15-18-22/h5,13-15,17-18H,2,4,6-12,16,19-21H2,1,3H3/q+1. The number of hydrogen-bond acceptors (Lipinski definition) is 0. The van der Waals surface area contributed by atoms with E-state index in [2.05, 4.69) is 57.0 Å². The molecule has 0 radical (unpaired) electrons. The molecule has 1 heteroatoms. The number of benzene rings is 1. The number of unbranched alkanes of at least 4 members (excludes halogenated alkanes) is 8. The predicted octanol–water partition coefficient (Wildman–Crippen LogP) is 6.35. The molecule has 0 aliphatic heterocycles. The van der Waals surface area contributed by atoms with E-state index in [9.17, 15) is 0 Å². The van der Waals surface area contributed by atoms with Gasteiger partial charge in [0.25, 0.3) is 0 Å². The SMILES string of the molecule is C=CC[N+](C)(CCCCCCCCCCC)Cc1ccccc1. The molecule has 0 amide bonds. The molecule has 1 aromatic carbocycles. The first-order chi connectivity index (χ1) is 11.2. The highest BCUT2D eigenvalue weighted by Gasteiger charge is 2.19. The minimum atomic E-state index is 1.06. The van der Waals surface area contributed by atoms with E-state index in [1.54, 1.807) is 0 Å². The van der Waals surface area contributed by atoms with Gasteiger partial charge in [0, 0.05) is 5.56 Å². The predicted molar refractivity (Wildman–Crippen MR) is 103 cm³/mol. The van der Waals surface area contributed by atoms with Crippen molar-refractivity contribution in [1.29, 1.82) is 0 Å². The molecular weight excluding hydrogens is 278 g/mol. The summed E-state index contributed by atoms with van der Waals surface area (Å²) in [6.07, 6.45) is 14.7. The van der Waals surface area contributed by atoms with Gasteiger partial charge >= 0.3 is 0 Å². The van der Waals surface area contributed by atoms with Crippen molar-refractivity contribution in [2.75, 3.05) is 20.1 Å². The second-order valence-electron chi connectivity index (χ2n) is 7.29. The molecule has 0 saturated carbocycles. The summed E-state index contributed by atoms with van der Waals surface area (Å²) < 4.78 is 1.09. The zero-order valence-corrected chi connectivity index (χ0v) is 15.6. The van der Waals surface area contributed by atoms with E-state index in [4.69, 9.17) is 0 Å². The van der Waals surface area contributed by atoms with Crippen LogP contribution in [0.25, 0.3) is 0 Å². The van der Waals surface area contributed by atoms with Crippen molar-refractivity contribution >= 4 is 0 Å². The normalized spacial score (nSPS) is 13.7. The van der Waals surface area contributed by atoms with Crippen LogP contribution in [-0.2, 0) is 6.54 Å². The number of hydrogen-bond donors (Lipinski definition) is 0. The molecule has 0 aliphatic carbocycles. The summed E-state index contributed by atoms with van der Waals surface area (Å²) in [6.45, 7) is 9.69. The Kier molecular flexibility index (Phi) is 10.7. The summed E-state index contributed by atoms with van der Waals surface area (Å²) >= 11 is 0. The Bertz CT molecular complexity index is 398. The minimum absolute atomic E-state index is 1.06. The highest BCUT2D eigenvalue weighted by Crippen LogP contribution is 2.15. The molecule has 0 heterocycles. The summed E-state index contributed by atoms with van der Waals surface area (Å²) in [5.74, 6) is 0. The van der Waals surface area contributed by atoms with Crippen LogP contribution in [0.4, 0.5) is 0 Å². The number of likely N-dealkylation sites (N-methyl/N-ethyl adjacent to an activating group) is 1. The van der Waals surface area contributed by atoms with Gasteiger partial charge in [-0.05, 0) is 18.9 Å². The van der Waals surface area contributed by atoms with Gasteiger partial charge in [0.05, 0.1) is 20.1 Å². The van der Waals surface area contributed by atoms with Crippen molar-refractivity contribution < 1.29 is 4.48 Å². The highest BCUT2D eigenvalue weighted by atomic mass is 15.3. The van der Waals surface area contributed by atoms with Crippen molar-refractivity contribution in [1.82, 2.24) is 0 Å². The van der Waals surface area contributed by atoms with Crippen LogP contribution in [0.1, 0.15) is 70.3 Å². The van der Waals surface area contributed by atoms with Crippen LogP contribution < -0.4 is 0 Å². The van der Waals surface area contributed by atoms with Crippen molar-refractivity contribution in [3.05, 3.63) is 48.6 Å². The molecule has 130 valence electrons. The van der Waals surface area contributed by atoms with Crippen LogP contribution in [0, 0.1) is 0 Å². The maximum absolute atomic E-state index is 3.96. The molecule has 1 unspecified atom stereocenters. The first-order valence-corrected chi connectivity index (χ1v) is 9.68. The number of nitrogens with zero attached hydrogens (tertiary/aromatic N) is 1. The van der Waals surface area contributed by atoms with Crippen molar-refractivity contribution in [3.63, 3.8) is 0 Å². The monoisotopic (exact) mass is 316 g/mol. The molecule has 0 saturated heterocycles. The summed E-state index contributed by atoms with van der Waals surface area (Å²) in [5.41, 5.74) is 1.44. The van der Waals surface area contributed by atoms with E-state index in [1.165, 1.54) is 69.9 Å². The fourth-order valence-electron chi connectivity index (χ4n) is 3.37. The molecule has 1 nitrogen and oxygen atoms in total. The van der Waals surface area contributed by atoms with E-state index >= 15 is 0 Å². The van der Waals surface area contributed by atoms with Gasteiger partial charge in [0.1, 0.15) is 6.54 Å². The second-order valence-corrected chi connectivity index (χ2v) is 7.29. The van der Waals surface area contributed by atoms with Gasteiger partial charge in [-0.1, -0.05) is 88.8 Å². The largest absolute Gasteiger partial charge is 0.319 e. The van der Waals surface area contributed by atoms with Gasteiger partial charge in [-0.15, -0.1) is 0 Å². The van der Waals surface area contributed by atoms with Crippen molar-refractivity contribution in [2.24, 2.45) is 0 Å². The molecule has 1 aromatic rings. The smallest absolute Gasteiger partial charge is 0.104 e. The Morgan fingerprint density at radius 1 is 0.870 bits per heavy atom. The quantitative estimate of drug-likeness (QED) is 0.213. The van der Waals surface area contributed by atoms with E-state index in [0.29, 0.717) is 0 Å². The average molecular weight is 317 g/mol. The van der Waals surface area contributed by atoms with Crippen LogP contribution in [0.15, 0.2) is 43.0 Å². The topological polar surface area (TPSA) is 0 Å². The summed E-state index contributed by atoms with van der Waals surface area (Å²) in [5, 5.41) is 0.